The smallest absolute Gasteiger partial charge is 0.408 e. The summed E-state index contributed by atoms with van der Waals surface area (Å²) in [6, 6.07) is 3.26. The fourth-order valence-electron chi connectivity index (χ4n) is 3.24. The number of nitrogens with two attached hydrogens (primary N) is 1. The molecule has 36 heavy (non-hydrogen) atoms. The van der Waals surface area contributed by atoms with Gasteiger partial charge in [-0.2, -0.15) is 0 Å². The Labute approximate surface area is 212 Å². The highest BCUT2D eigenvalue weighted by Gasteiger charge is 2.28. The Morgan fingerprint density at radius 3 is 1.33 bits per heavy atom. The number of esters is 2. The van der Waals surface area contributed by atoms with Crippen LogP contribution in [0.5, 0.6) is 0 Å². The normalized spacial score (nSPS) is 13.1. The van der Waals surface area contributed by atoms with E-state index < -0.39 is 47.4 Å². The molecular formula is C25H39N3O8. The summed E-state index contributed by atoms with van der Waals surface area (Å²) in [5.74, 6) is -1.31. The van der Waals surface area contributed by atoms with Gasteiger partial charge in [-0.15, -0.1) is 0 Å². The summed E-state index contributed by atoms with van der Waals surface area (Å²) in [7, 11) is 2.44. The van der Waals surface area contributed by atoms with Crippen molar-refractivity contribution in [3.8, 4) is 0 Å². The molecule has 0 aromatic heterocycles. The molecule has 11 heteroatoms. The van der Waals surface area contributed by atoms with Crippen molar-refractivity contribution in [3.05, 3.63) is 34.9 Å². The molecular weight excluding hydrogens is 470 g/mol. The van der Waals surface area contributed by atoms with Gasteiger partial charge in [-0.05, 0) is 58.2 Å². The highest BCUT2D eigenvalue weighted by atomic mass is 16.6. The van der Waals surface area contributed by atoms with Crippen molar-refractivity contribution in [2.45, 2.75) is 84.2 Å². The number of carbonyl (C=O) groups is 4. The Morgan fingerprint density at radius 1 is 0.722 bits per heavy atom. The molecule has 202 valence electrons. The Bertz CT molecular complexity index is 864. The largest absolute Gasteiger partial charge is 0.467 e. The number of rotatable bonds is 9. The van der Waals surface area contributed by atoms with Gasteiger partial charge < -0.3 is 35.3 Å². The van der Waals surface area contributed by atoms with E-state index in [4.69, 9.17) is 24.7 Å². The van der Waals surface area contributed by atoms with Crippen LogP contribution in [0, 0.1) is 0 Å². The predicted molar refractivity (Wildman–Crippen MR) is 132 cm³/mol. The molecule has 0 aliphatic carbocycles. The lowest BCUT2D eigenvalue weighted by atomic mass is 9.96. The van der Waals surface area contributed by atoms with E-state index in [-0.39, 0.29) is 19.4 Å². The molecule has 1 rings (SSSR count). The van der Waals surface area contributed by atoms with Crippen LogP contribution in [0.4, 0.5) is 9.59 Å². The third-order valence-electron chi connectivity index (χ3n) is 4.58. The summed E-state index contributed by atoms with van der Waals surface area (Å²) in [6.07, 6.45) is -1.37. The summed E-state index contributed by atoms with van der Waals surface area (Å²) in [6.45, 7) is 10.4. The van der Waals surface area contributed by atoms with Gasteiger partial charge in [0.2, 0.25) is 0 Å². The summed E-state index contributed by atoms with van der Waals surface area (Å²) >= 11 is 0. The Kier molecular flexibility index (Phi) is 11.2. The van der Waals surface area contributed by atoms with Crippen molar-refractivity contribution in [1.29, 1.82) is 0 Å². The van der Waals surface area contributed by atoms with Gasteiger partial charge in [-0.1, -0.05) is 18.2 Å². The molecule has 0 heterocycles. The lowest BCUT2D eigenvalue weighted by molar-refractivity contribution is -0.143. The summed E-state index contributed by atoms with van der Waals surface area (Å²) < 4.78 is 20.2. The number of ether oxygens (including phenoxy) is 4. The van der Waals surface area contributed by atoms with Crippen molar-refractivity contribution in [2.75, 3.05) is 14.2 Å². The lowest BCUT2D eigenvalue weighted by Gasteiger charge is -2.23. The molecule has 2 atom stereocenters. The molecule has 0 spiro atoms. The topological polar surface area (TPSA) is 155 Å². The van der Waals surface area contributed by atoms with E-state index in [0.717, 1.165) is 5.56 Å². The van der Waals surface area contributed by atoms with Gasteiger partial charge in [0.05, 0.1) is 14.2 Å². The van der Waals surface area contributed by atoms with Crippen LogP contribution >= 0.6 is 0 Å². The average Bonchev–Trinajstić information content (AvgIpc) is 2.74. The standard InChI is InChI=1S/C25H39N3O8/c1-24(2,3)35-22(31)27-18(20(29)33-7)12-15-9-16(11-17(10-15)14-26)13-19(21(30)34-8)28-23(32)36-25(4,5)6/h9-11,18-19H,12-14,26H2,1-8H3,(H,27,31)(H,28,32)/t18-,19-/m0/s1. The fraction of sp³-hybridized carbons (Fsp3) is 0.600. The Balaban J connectivity index is 3.18. The Hall–Kier alpha value is -3.34. The molecule has 4 N–H and O–H groups in total. The summed E-state index contributed by atoms with van der Waals surface area (Å²) in [5, 5.41) is 5.06. The molecule has 0 saturated heterocycles. The van der Waals surface area contributed by atoms with Crippen molar-refractivity contribution in [2.24, 2.45) is 5.73 Å². The second kappa shape index (κ2) is 13.1. The van der Waals surface area contributed by atoms with Crippen LogP contribution in [0.3, 0.4) is 0 Å². The highest BCUT2D eigenvalue weighted by molar-refractivity contribution is 5.82. The zero-order valence-electron chi connectivity index (χ0n) is 22.4. The number of alkyl carbamates (subject to hydrolysis) is 2. The molecule has 0 bridgehead atoms. The van der Waals surface area contributed by atoms with Gasteiger partial charge in [0.25, 0.3) is 0 Å². The van der Waals surface area contributed by atoms with Gasteiger partial charge in [0.1, 0.15) is 23.3 Å². The molecule has 1 aromatic carbocycles. The van der Waals surface area contributed by atoms with Crippen LogP contribution in [0.2, 0.25) is 0 Å². The zero-order valence-corrected chi connectivity index (χ0v) is 22.4. The van der Waals surface area contributed by atoms with E-state index in [1.54, 1.807) is 59.7 Å². The molecule has 0 fully saturated rings. The molecule has 0 aliphatic rings. The van der Waals surface area contributed by atoms with Crippen LogP contribution in [0.15, 0.2) is 18.2 Å². The van der Waals surface area contributed by atoms with Crippen LogP contribution in [0.1, 0.15) is 58.2 Å². The molecule has 0 unspecified atom stereocenters. The van der Waals surface area contributed by atoms with Crippen LogP contribution < -0.4 is 16.4 Å². The maximum atomic E-state index is 12.4. The summed E-state index contributed by atoms with van der Waals surface area (Å²) in [5.41, 5.74) is 6.39. The molecule has 0 radical (unpaired) electrons. The van der Waals surface area contributed by atoms with Crippen molar-refractivity contribution in [1.82, 2.24) is 10.6 Å². The minimum atomic E-state index is -1.03. The minimum absolute atomic E-state index is 0.0785. The Morgan fingerprint density at radius 2 is 1.06 bits per heavy atom. The number of amides is 2. The first-order valence-electron chi connectivity index (χ1n) is 11.5. The highest BCUT2D eigenvalue weighted by Crippen LogP contribution is 2.16. The van der Waals surface area contributed by atoms with Gasteiger partial charge in [0, 0.05) is 19.4 Å². The van der Waals surface area contributed by atoms with E-state index in [0.29, 0.717) is 11.1 Å². The van der Waals surface area contributed by atoms with Crippen LogP contribution in [0.25, 0.3) is 0 Å². The number of nitrogens with one attached hydrogen (secondary N) is 2. The zero-order chi connectivity index (χ0) is 27.7. The fourth-order valence-corrected chi connectivity index (χ4v) is 3.24. The quantitative estimate of drug-likeness (QED) is 0.336. The third-order valence-corrected chi connectivity index (χ3v) is 4.58. The van der Waals surface area contributed by atoms with E-state index in [1.807, 2.05) is 0 Å². The van der Waals surface area contributed by atoms with Crippen LogP contribution in [-0.4, -0.2) is 61.6 Å². The van der Waals surface area contributed by atoms with Crippen LogP contribution in [-0.2, 0) is 47.9 Å². The number of benzene rings is 1. The van der Waals surface area contributed by atoms with E-state index in [2.05, 4.69) is 10.6 Å². The molecule has 11 nitrogen and oxygen atoms in total. The first-order chi connectivity index (χ1) is 16.6. The van der Waals surface area contributed by atoms with Gasteiger partial charge in [-0.25, -0.2) is 19.2 Å². The van der Waals surface area contributed by atoms with Gasteiger partial charge >= 0.3 is 24.1 Å². The molecule has 2 amide bonds. The molecule has 1 aromatic rings. The van der Waals surface area contributed by atoms with Crippen molar-refractivity contribution in [3.63, 3.8) is 0 Å². The monoisotopic (exact) mass is 509 g/mol. The van der Waals surface area contributed by atoms with Crippen molar-refractivity contribution < 1.29 is 38.1 Å². The number of hydrogen-bond acceptors (Lipinski definition) is 9. The second-order valence-corrected chi connectivity index (χ2v) is 10.2. The number of hydrogen-bond donors (Lipinski definition) is 3. The van der Waals surface area contributed by atoms with Gasteiger partial charge in [-0.3, -0.25) is 0 Å². The predicted octanol–water partition coefficient (Wildman–Crippen LogP) is 2.36. The maximum Gasteiger partial charge on any atom is 0.408 e. The van der Waals surface area contributed by atoms with E-state index in [1.165, 1.54) is 14.2 Å². The van der Waals surface area contributed by atoms with Crippen molar-refractivity contribution >= 4 is 24.1 Å². The SMILES string of the molecule is COC(=O)[C@H](Cc1cc(CN)cc(C[C@H](NC(=O)OC(C)(C)C)C(=O)OC)c1)NC(=O)OC(C)(C)C. The first kappa shape index (κ1) is 30.7. The number of methoxy groups -OCH3 is 2. The first-order valence-corrected chi connectivity index (χ1v) is 11.5. The average molecular weight is 510 g/mol. The van der Waals surface area contributed by atoms with E-state index in [9.17, 15) is 19.2 Å². The summed E-state index contributed by atoms with van der Waals surface area (Å²) in [4.78, 5) is 49.2. The third kappa shape index (κ3) is 11.4. The lowest BCUT2D eigenvalue weighted by Crippen LogP contribution is -2.45. The maximum absolute atomic E-state index is 12.4. The minimum Gasteiger partial charge on any atom is -0.467 e. The second-order valence-electron chi connectivity index (χ2n) is 10.2. The molecule has 0 saturated carbocycles. The van der Waals surface area contributed by atoms with Gasteiger partial charge in [0.15, 0.2) is 0 Å². The number of carbonyl (C=O) groups excluding carboxylic acids is 4. The van der Waals surface area contributed by atoms with E-state index >= 15 is 0 Å². The molecule has 0 aliphatic heterocycles.